The number of aromatic nitrogens is 4. The van der Waals surface area contributed by atoms with Crippen molar-refractivity contribution in [1.82, 2.24) is 19.3 Å². The van der Waals surface area contributed by atoms with Crippen LogP contribution in [0.1, 0.15) is 17.4 Å². The Morgan fingerprint density at radius 2 is 2.00 bits per heavy atom. The van der Waals surface area contributed by atoms with Crippen LogP contribution in [0.2, 0.25) is 0 Å². The van der Waals surface area contributed by atoms with Crippen molar-refractivity contribution in [3.05, 3.63) is 48.3 Å². The Morgan fingerprint density at radius 3 is 2.68 bits per heavy atom. The minimum atomic E-state index is 0.0713. The molecule has 1 aromatic carbocycles. The maximum Gasteiger partial charge on any atom is 0.191 e. The van der Waals surface area contributed by atoms with Crippen molar-refractivity contribution in [2.75, 3.05) is 12.9 Å². The Labute approximate surface area is 150 Å². The normalized spacial score (nSPS) is 10.8. The predicted molar refractivity (Wildman–Crippen MR) is 98.2 cm³/mol. The Bertz CT molecular complexity index is 885. The Kier molecular flexibility index (Phi) is 5.23. The topological polar surface area (TPSA) is 61.9 Å². The monoisotopic (exact) mass is 356 g/mol. The molecule has 0 saturated carbocycles. The Morgan fingerprint density at radius 1 is 1.20 bits per heavy atom. The molecule has 0 aliphatic heterocycles. The van der Waals surface area contributed by atoms with Crippen LogP contribution in [0.15, 0.2) is 47.8 Å². The summed E-state index contributed by atoms with van der Waals surface area (Å²) in [7, 11) is 3.51. The third kappa shape index (κ3) is 3.46. The van der Waals surface area contributed by atoms with Gasteiger partial charge in [0.05, 0.1) is 24.1 Å². The van der Waals surface area contributed by atoms with Crippen LogP contribution in [0.25, 0.3) is 11.4 Å². The zero-order valence-corrected chi connectivity index (χ0v) is 15.3. The van der Waals surface area contributed by atoms with Crippen LogP contribution in [-0.2, 0) is 13.6 Å². The van der Waals surface area contributed by atoms with Gasteiger partial charge >= 0.3 is 0 Å². The summed E-state index contributed by atoms with van der Waals surface area (Å²) in [5.41, 5.74) is 1.58. The highest BCUT2D eigenvalue weighted by Gasteiger charge is 2.18. The fourth-order valence-corrected chi connectivity index (χ4v) is 3.54. The zero-order valence-electron chi connectivity index (χ0n) is 14.5. The zero-order chi connectivity index (χ0) is 17.8. The molecule has 25 heavy (non-hydrogen) atoms. The van der Waals surface area contributed by atoms with Crippen LogP contribution in [-0.4, -0.2) is 38.0 Å². The SMILES string of the molecule is CCn1c(SCC(=O)c2cccn2C)nnc1-c1ccccc1OC. The number of aryl methyl sites for hydroxylation is 1. The van der Waals surface area contributed by atoms with Crippen molar-refractivity contribution < 1.29 is 9.53 Å². The predicted octanol–water partition coefficient (Wildman–Crippen LogP) is 3.29. The molecule has 0 amide bonds. The first kappa shape index (κ1) is 17.3. The van der Waals surface area contributed by atoms with Gasteiger partial charge in [0.25, 0.3) is 0 Å². The van der Waals surface area contributed by atoms with Gasteiger partial charge in [-0.3, -0.25) is 4.79 Å². The van der Waals surface area contributed by atoms with Gasteiger partial charge in [-0.25, -0.2) is 0 Å². The summed E-state index contributed by atoms with van der Waals surface area (Å²) in [4.78, 5) is 12.4. The number of carbonyl (C=O) groups excluding carboxylic acids is 1. The molecule has 3 rings (SSSR count). The third-order valence-corrected chi connectivity index (χ3v) is 4.91. The molecule has 0 atom stereocenters. The first-order valence-electron chi connectivity index (χ1n) is 7.99. The van der Waals surface area contributed by atoms with E-state index in [2.05, 4.69) is 10.2 Å². The molecule has 0 radical (unpaired) electrons. The van der Waals surface area contributed by atoms with E-state index in [0.717, 1.165) is 22.3 Å². The molecule has 0 spiro atoms. The second-order valence-corrected chi connectivity index (χ2v) is 6.41. The molecule has 7 heteroatoms. The maximum absolute atomic E-state index is 12.4. The van der Waals surface area contributed by atoms with Gasteiger partial charge < -0.3 is 13.9 Å². The summed E-state index contributed by atoms with van der Waals surface area (Å²) in [5, 5.41) is 9.32. The van der Waals surface area contributed by atoms with Crippen LogP contribution in [0.3, 0.4) is 0 Å². The van der Waals surface area contributed by atoms with E-state index in [1.807, 2.05) is 65.7 Å². The fraction of sp³-hybridized carbons (Fsp3) is 0.278. The number of hydrogen-bond donors (Lipinski definition) is 0. The molecular weight excluding hydrogens is 336 g/mol. The summed E-state index contributed by atoms with van der Waals surface area (Å²) in [6.07, 6.45) is 1.87. The lowest BCUT2D eigenvalue weighted by Crippen LogP contribution is -2.09. The molecule has 0 aliphatic rings. The minimum absolute atomic E-state index is 0.0713. The lowest BCUT2D eigenvalue weighted by Gasteiger charge is -2.10. The van der Waals surface area contributed by atoms with E-state index in [-0.39, 0.29) is 5.78 Å². The highest BCUT2D eigenvalue weighted by Crippen LogP contribution is 2.30. The van der Waals surface area contributed by atoms with Gasteiger partial charge in [0.15, 0.2) is 16.8 Å². The number of nitrogens with zero attached hydrogens (tertiary/aromatic N) is 4. The molecule has 6 nitrogen and oxygen atoms in total. The van der Waals surface area contributed by atoms with Gasteiger partial charge in [-0.05, 0) is 31.2 Å². The van der Waals surface area contributed by atoms with E-state index in [1.165, 1.54) is 11.8 Å². The van der Waals surface area contributed by atoms with Crippen LogP contribution in [0.5, 0.6) is 5.75 Å². The average molecular weight is 356 g/mol. The van der Waals surface area contributed by atoms with Crippen molar-refractivity contribution in [3.63, 3.8) is 0 Å². The number of rotatable bonds is 7. The van der Waals surface area contributed by atoms with Gasteiger partial charge in [-0.2, -0.15) is 0 Å². The third-order valence-electron chi connectivity index (χ3n) is 3.94. The van der Waals surface area contributed by atoms with Gasteiger partial charge in [0.1, 0.15) is 5.75 Å². The van der Waals surface area contributed by atoms with E-state index < -0.39 is 0 Å². The number of ketones is 1. The van der Waals surface area contributed by atoms with Crippen molar-refractivity contribution >= 4 is 17.5 Å². The van der Waals surface area contributed by atoms with Crippen LogP contribution >= 0.6 is 11.8 Å². The van der Waals surface area contributed by atoms with E-state index in [0.29, 0.717) is 18.0 Å². The molecule has 0 unspecified atom stereocenters. The molecule has 0 N–H and O–H groups in total. The van der Waals surface area contributed by atoms with Crippen LogP contribution in [0, 0.1) is 0 Å². The van der Waals surface area contributed by atoms with E-state index >= 15 is 0 Å². The first-order chi connectivity index (χ1) is 12.2. The van der Waals surface area contributed by atoms with Crippen molar-refractivity contribution in [2.24, 2.45) is 7.05 Å². The lowest BCUT2D eigenvalue weighted by molar-refractivity contribution is 0.101. The largest absolute Gasteiger partial charge is 0.496 e. The number of Topliss-reactive ketones (excluding diaryl/α,β-unsaturated/α-hetero) is 1. The maximum atomic E-state index is 12.4. The molecular formula is C18H20N4O2S. The number of thioether (sulfide) groups is 1. The number of methoxy groups -OCH3 is 1. The van der Waals surface area contributed by atoms with Crippen LogP contribution < -0.4 is 4.74 Å². The summed E-state index contributed by atoms with van der Waals surface area (Å²) in [5.74, 6) is 1.89. The van der Waals surface area contributed by atoms with E-state index in [9.17, 15) is 4.79 Å². The average Bonchev–Trinajstić information content (AvgIpc) is 3.25. The quantitative estimate of drug-likeness (QED) is 0.480. The summed E-state index contributed by atoms with van der Waals surface area (Å²) < 4.78 is 9.25. The standard InChI is InChI=1S/C18H20N4O2S/c1-4-22-17(13-8-5-6-10-16(13)24-3)19-20-18(22)25-12-15(23)14-9-7-11-21(14)2/h5-11H,4,12H2,1-3H3. The molecule has 2 heterocycles. The summed E-state index contributed by atoms with van der Waals surface area (Å²) >= 11 is 1.40. The Hall–Kier alpha value is -2.54. The van der Waals surface area contributed by atoms with E-state index in [4.69, 9.17) is 4.74 Å². The van der Waals surface area contributed by atoms with Gasteiger partial charge in [0.2, 0.25) is 0 Å². The Balaban J connectivity index is 1.83. The van der Waals surface area contributed by atoms with E-state index in [1.54, 1.807) is 7.11 Å². The van der Waals surface area contributed by atoms with Crippen molar-refractivity contribution in [2.45, 2.75) is 18.6 Å². The number of benzene rings is 1. The molecule has 3 aromatic rings. The van der Waals surface area contributed by atoms with Crippen LogP contribution in [0.4, 0.5) is 0 Å². The molecule has 0 bridgehead atoms. The van der Waals surface area contributed by atoms with Gasteiger partial charge in [0, 0.05) is 19.8 Å². The number of ether oxygens (including phenoxy) is 1. The second-order valence-electron chi connectivity index (χ2n) is 5.47. The van der Waals surface area contributed by atoms with Crippen molar-refractivity contribution in [3.8, 4) is 17.1 Å². The fourth-order valence-electron chi connectivity index (χ4n) is 2.66. The number of hydrogen-bond acceptors (Lipinski definition) is 5. The highest BCUT2D eigenvalue weighted by molar-refractivity contribution is 7.99. The highest BCUT2D eigenvalue weighted by atomic mass is 32.2. The molecule has 130 valence electrons. The smallest absolute Gasteiger partial charge is 0.191 e. The molecule has 0 fully saturated rings. The van der Waals surface area contributed by atoms with Crippen molar-refractivity contribution in [1.29, 1.82) is 0 Å². The minimum Gasteiger partial charge on any atom is -0.496 e. The number of para-hydroxylation sites is 1. The summed E-state index contributed by atoms with van der Waals surface area (Å²) in [6, 6.07) is 11.4. The van der Waals surface area contributed by atoms with Gasteiger partial charge in [-0.1, -0.05) is 23.9 Å². The summed E-state index contributed by atoms with van der Waals surface area (Å²) in [6.45, 7) is 2.74. The van der Waals surface area contributed by atoms with Gasteiger partial charge in [-0.15, -0.1) is 10.2 Å². The molecule has 2 aromatic heterocycles. The second kappa shape index (κ2) is 7.57. The molecule has 0 saturated heterocycles. The molecule has 0 aliphatic carbocycles. The number of carbonyl (C=O) groups is 1. The lowest BCUT2D eigenvalue weighted by atomic mass is 10.2. The first-order valence-corrected chi connectivity index (χ1v) is 8.98.